The van der Waals surface area contributed by atoms with Crippen molar-refractivity contribution in [2.24, 2.45) is 0 Å². The lowest BCUT2D eigenvalue weighted by Gasteiger charge is -2.07. The Bertz CT molecular complexity index is 1060. The molecule has 9 heteroatoms. The summed E-state index contributed by atoms with van der Waals surface area (Å²) < 4.78 is 37.3. The van der Waals surface area contributed by atoms with Crippen LogP contribution >= 0.6 is 0 Å². The number of amides is 1. The molecule has 140 valence electrons. The van der Waals surface area contributed by atoms with Crippen LogP contribution < -0.4 is 10.0 Å². The van der Waals surface area contributed by atoms with Gasteiger partial charge in [-0.25, -0.2) is 13.1 Å². The maximum Gasteiger partial charge on any atom is 0.264 e. The van der Waals surface area contributed by atoms with Crippen molar-refractivity contribution >= 4 is 33.6 Å². The van der Waals surface area contributed by atoms with Crippen LogP contribution in [0.2, 0.25) is 0 Å². The highest BCUT2D eigenvalue weighted by atomic mass is 32.2. The highest BCUT2D eigenvalue weighted by molar-refractivity contribution is 7.92. The molecule has 0 aliphatic heterocycles. The second kappa shape index (κ2) is 7.50. The number of carbonyl (C=O) groups is 1. The topological polar surface area (TPSA) is 114 Å². The van der Waals surface area contributed by atoms with Gasteiger partial charge in [0.15, 0.2) is 0 Å². The molecular weight excluding hydrogens is 370 g/mol. The Hall–Kier alpha value is -3.33. The summed E-state index contributed by atoms with van der Waals surface area (Å²) in [5.41, 5.74) is 1.67. The maximum absolute atomic E-state index is 12.4. The van der Waals surface area contributed by atoms with E-state index in [0.717, 1.165) is 0 Å². The molecule has 0 saturated carbocycles. The fraction of sp³-hybridized carbons (Fsp3) is 0.111. The first-order valence-corrected chi connectivity index (χ1v) is 9.42. The second-order valence-electron chi connectivity index (χ2n) is 5.69. The molecule has 3 rings (SSSR count). The van der Waals surface area contributed by atoms with Crippen molar-refractivity contribution in [2.75, 3.05) is 10.0 Å². The number of furan rings is 1. The number of anilines is 2. The van der Waals surface area contributed by atoms with Crippen molar-refractivity contribution in [3.63, 3.8) is 0 Å². The van der Waals surface area contributed by atoms with Gasteiger partial charge in [-0.1, -0.05) is 5.16 Å². The summed E-state index contributed by atoms with van der Waals surface area (Å²) in [6.07, 6.45) is 4.35. The van der Waals surface area contributed by atoms with Gasteiger partial charge in [0.25, 0.3) is 10.0 Å². The lowest BCUT2D eigenvalue weighted by atomic mass is 10.3. The molecule has 2 aromatic heterocycles. The van der Waals surface area contributed by atoms with Crippen LogP contribution in [-0.2, 0) is 14.8 Å². The van der Waals surface area contributed by atoms with Gasteiger partial charge < -0.3 is 14.3 Å². The van der Waals surface area contributed by atoms with E-state index in [1.54, 1.807) is 26.0 Å². The smallest absolute Gasteiger partial charge is 0.264 e. The van der Waals surface area contributed by atoms with E-state index in [1.165, 1.54) is 42.7 Å². The Morgan fingerprint density at radius 3 is 2.48 bits per heavy atom. The third-order valence-electron chi connectivity index (χ3n) is 3.76. The minimum Gasteiger partial charge on any atom is -0.465 e. The number of hydrogen-bond donors (Lipinski definition) is 2. The van der Waals surface area contributed by atoms with Crippen LogP contribution in [0, 0.1) is 13.8 Å². The third kappa shape index (κ3) is 4.45. The van der Waals surface area contributed by atoms with Gasteiger partial charge in [0, 0.05) is 17.3 Å². The molecular formula is C18H17N3O5S. The van der Waals surface area contributed by atoms with Gasteiger partial charge in [0.05, 0.1) is 16.9 Å². The first-order chi connectivity index (χ1) is 12.8. The molecule has 2 N–H and O–H groups in total. The van der Waals surface area contributed by atoms with Gasteiger partial charge in [-0.05, 0) is 56.3 Å². The first kappa shape index (κ1) is 18.5. The van der Waals surface area contributed by atoms with Crippen LogP contribution in [0.3, 0.4) is 0 Å². The molecule has 0 unspecified atom stereocenters. The fourth-order valence-electron chi connectivity index (χ4n) is 2.14. The number of aromatic nitrogens is 1. The quantitative estimate of drug-likeness (QED) is 0.627. The molecule has 0 atom stereocenters. The molecule has 0 saturated heterocycles. The van der Waals surface area contributed by atoms with Crippen LogP contribution in [0.5, 0.6) is 0 Å². The average molecular weight is 387 g/mol. The Kier molecular flexibility index (Phi) is 5.13. The van der Waals surface area contributed by atoms with Crippen molar-refractivity contribution in [3.05, 3.63) is 65.8 Å². The maximum atomic E-state index is 12.4. The van der Waals surface area contributed by atoms with E-state index in [9.17, 15) is 13.2 Å². The van der Waals surface area contributed by atoms with Crippen molar-refractivity contribution in [1.29, 1.82) is 0 Å². The Balaban J connectivity index is 1.67. The van der Waals surface area contributed by atoms with Crippen molar-refractivity contribution in [3.8, 4) is 0 Å². The standard InChI is InChI=1S/C18H17N3O5S/c1-12-13(2)20-26-18(12)21-27(23,24)16-8-5-14(6-9-16)19-17(22)10-7-15-4-3-11-25-15/h3-11,21H,1-2H3,(H,19,22)/b10-7+. The molecule has 0 radical (unpaired) electrons. The van der Waals surface area contributed by atoms with E-state index in [2.05, 4.69) is 15.2 Å². The van der Waals surface area contributed by atoms with Gasteiger partial charge in [-0.15, -0.1) is 0 Å². The summed E-state index contributed by atoms with van der Waals surface area (Å²) >= 11 is 0. The molecule has 0 bridgehead atoms. The minimum atomic E-state index is -3.83. The normalized spacial score (nSPS) is 11.6. The largest absolute Gasteiger partial charge is 0.465 e. The molecule has 0 spiro atoms. The molecule has 0 fully saturated rings. The lowest BCUT2D eigenvalue weighted by Crippen LogP contribution is -2.13. The van der Waals surface area contributed by atoms with E-state index in [-0.39, 0.29) is 16.7 Å². The Morgan fingerprint density at radius 2 is 1.89 bits per heavy atom. The molecule has 1 aromatic carbocycles. The predicted octanol–water partition coefficient (Wildman–Crippen LogP) is 3.34. The van der Waals surface area contributed by atoms with Crippen molar-refractivity contribution < 1.29 is 22.2 Å². The second-order valence-corrected chi connectivity index (χ2v) is 7.37. The van der Waals surface area contributed by atoms with Crippen LogP contribution in [0.4, 0.5) is 11.6 Å². The first-order valence-electron chi connectivity index (χ1n) is 7.93. The third-order valence-corrected chi connectivity index (χ3v) is 5.11. The zero-order chi connectivity index (χ0) is 19.4. The SMILES string of the molecule is Cc1noc(NS(=O)(=O)c2ccc(NC(=O)/C=C/c3ccco3)cc2)c1C. The zero-order valence-electron chi connectivity index (χ0n) is 14.6. The van der Waals surface area contributed by atoms with Gasteiger partial charge in [0.1, 0.15) is 5.76 Å². The molecule has 3 aromatic rings. The predicted molar refractivity (Wildman–Crippen MR) is 99.6 cm³/mol. The number of aryl methyl sites for hydroxylation is 1. The highest BCUT2D eigenvalue weighted by Crippen LogP contribution is 2.22. The molecule has 0 aliphatic carbocycles. The van der Waals surface area contributed by atoms with E-state index in [4.69, 9.17) is 8.94 Å². The number of rotatable bonds is 6. The monoisotopic (exact) mass is 387 g/mol. The Morgan fingerprint density at radius 1 is 1.15 bits per heavy atom. The molecule has 27 heavy (non-hydrogen) atoms. The average Bonchev–Trinajstić information content (AvgIpc) is 3.26. The van der Waals surface area contributed by atoms with Crippen LogP contribution in [0.1, 0.15) is 17.0 Å². The summed E-state index contributed by atoms with van der Waals surface area (Å²) in [6, 6.07) is 9.18. The number of sulfonamides is 1. The van der Waals surface area contributed by atoms with E-state index in [1.807, 2.05) is 0 Å². The highest BCUT2D eigenvalue weighted by Gasteiger charge is 2.19. The van der Waals surface area contributed by atoms with Gasteiger partial charge in [-0.3, -0.25) is 4.79 Å². The summed E-state index contributed by atoms with van der Waals surface area (Å²) in [7, 11) is -3.83. The van der Waals surface area contributed by atoms with E-state index >= 15 is 0 Å². The zero-order valence-corrected chi connectivity index (χ0v) is 15.4. The molecule has 2 heterocycles. The number of hydrogen-bond acceptors (Lipinski definition) is 6. The van der Waals surface area contributed by atoms with Gasteiger partial charge in [0.2, 0.25) is 11.8 Å². The number of nitrogens with one attached hydrogen (secondary N) is 2. The van der Waals surface area contributed by atoms with Crippen LogP contribution in [0.15, 0.2) is 62.6 Å². The van der Waals surface area contributed by atoms with Gasteiger partial charge >= 0.3 is 0 Å². The summed E-state index contributed by atoms with van der Waals surface area (Å²) in [6.45, 7) is 3.42. The minimum absolute atomic E-state index is 0.0279. The summed E-state index contributed by atoms with van der Waals surface area (Å²) in [5, 5.41) is 6.35. The summed E-state index contributed by atoms with van der Waals surface area (Å²) in [4.78, 5) is 11.9. The number of nitrogens with zero attached hydrogens (tertiary/aromatic N) is 1. The number of benzene rings is 1. The molecule has 0 aliphatic rings. The van der Waals surface area contributed by atoms with E-state index in [0.29, 0.717) is 22.7 Å². The lowest BCUT2D eigenvalue weighted by molar-refractivity contribution is -0.111. The van der Waals surface area contributed by atoms with Crippen molar-refractivity contribution in [1.82, 2.24) is 5.16 Å². The van der Waals surface area contributed by atoms with E-state index < -0.39 is 10.0 Å². The van der Waals surface area contributed by atoms with Crippen molar-refractivity contribution in [2.45, 2.75) is 18.7 Å². The molecule has 1 amide bonds. The summed E-state index contributed by atoms with van der Waals surface area (Å²) in [5.74, 6) is 0.261. The Labute approximate surface area is 155 Å². The van der Waals surface area contributed by atoms with Gasteiger partial charge in [-0.2, -0.15) is 0 Å². The fourth-order valence-corrected chi connectivity index (χ4v) is 3.18. The molecule has 8 nitrogen and oxygen atoms in total. The van der Waals surface area contributed by atoms with Crippen LogP contribution in [0.25, 0.3) is 6.08 Å². The van der Waals surface area contributed by atoms with Crippen LogP contribution in [-0.4, -0.2) is 19.5 Å². The number of carbonyl (C=O) groups excluding carboxylic acids is 1.